The van der Waals surface area contributed by atoms with E-state index in [-0.39, 0.29) is 12.2 Å². The first kappa shape index (κ1) is 21.9. The van der Waals surface area contributed by atoms with E-state index in [1.165, 1.54) is 25.9 Å². The number of rotatable bonds is 3. The highest BCUT2D eigenvalue weighted by atomic mass is 16.5. The second-order valence-electron chi connectivity index (χ2n) is 6.43. The van der Waals surface area contributed by atoms with Crippen molar-refractivity contribution in [2.75, 3.05) is 20.1 Å². The Morgan fingerprint density at radius 2 is 1.75 bits per heavy atom. The number of nitrogens with two attached hydrogens (primary N) is 1. The summed E-state index contributed by atoms with van der Waals surface area (Å²) in [6.45, 7) is 8.81. The summed E-state index contributed by atoms with van der Waals surface area (Å²) in [6, 6.07) is 9.37. The molecule has 0 aromatic heterocycles. The molecule has 1 fully saturated rings. The molecule has 1 saturated heterocycles. The van der Waals surface area contributed by atoms with Gasteiger partial charge in [0.15, 0.2) is 0 Å². The zero-order valence-corrected chi connectivity index (χ0v) is 15.2. The van der Waals surface area contributed by atoms with E-state index in [4.69, 9.17) is 5.73 Å². The van der Waals surface area contributed by atoms with Crippen LogP contribution in [-0.2, 0) is 20.9 Å². The average Bonchev–Trinajstić information content (AvgIpc) is 2.97. The first-order valence-electron chi connectivity index (χ1n) is 8.01. The molecule has 2 N–H and O–H groups in total. The number of amides is 1. The zero-order chi connectivity index (χ0) is 18.4. The summed E-state index contributed by atoms with van der Waals surface area (Å²) < 4.78 is 9.12. The fourth-order valence-corrected chi connectivity index (χ4v) is 1.75. The van der Waals surface area contributed by atoms with Gasteiger partial charge in [0.2, 0.25) is 0 Å². The van der Waals surface area contributed by atoms with E-state index in [9.17, 15) is 9.59 Å². The fraction of sp³-hybridized carbons (Fsp3) is 0.556. The second-order valence-corrected chi connectivity index (χ2v) is 6.43. The molecule has 1 aliphatic heterocycles. The van der Waals surface area contributed by atoms with Gasteiger partial charge in [-0.3, -0.25) is 4.79 Å². The molecule has 1 aromatic rings. The van der Waals surface area contributed by atoms with Crippen molar-refractivity contribution < 1.29 is 19.1 Å². The molecular weight excluding hydrogens is 308 g/mol. The lowest BCUT2D eigenvalue weighted by Gasteiger charge is -2.14. The Morgan fingerprint density at radius 1 is 1.21 bits per heavy atom. The molecule has 0 saturated carbocycles. The van der Waals surface area contributed by atoms with Gasteiger partial charge in [-0.1, -0.05) is 30.3 Å². The van der Waals surface area contributed by atoms with Gasteiger partial charge in [0.1, 0.15) is 12.2 Å². The first-order chi connectivity index (χ1) is 11.2. The Balaban J connectivity index is 0.000000352. The third-order valence-corrected chi connectivity index (χ3v) is 2.96. The fourth-order valence-electron chi connectivity index (χ4n) is 1.75. The molecule has 0 unspecified atom stereocenters. The number of hydrogen-bond donors (Lipinski definition) is 1. The van der Waals surface area contributed by atoms with Crippen LogP contribution in [0, 0.1) is 0 Å². The number of ether oxygens (including phenoxy) is 2. The van der Waals surface area contributed by atoms with Crippen LogP contribution in [0.1, 0.15) is 39.2 Å². The Bertz CT molecular complexity index is 452. The van der Waals surface area contributed by atoms with Gasteiger partial charge in [0, 0.05) is 0 Å². The minimum Gasteiger partial charge on any atom is -0.462 e. The summed E-state index contributed by atoms with van der Waals surface area (Å²) in [5.41, 5.74) is 5.40. The molecule has 0 atom stereocenters. The Kier molecular flexibility index (Phi) is 11.3. The molecule has 24 heavy (non-hydrogen) atoms. The number of benzene rings is 1. The normalized spacial score (nSPS) is 13.7. The molecule has 1 heterocycles. The molecule has 136 valence electrons. The molecule has 0 aliphatic carbocycles. The summed E-state index contributed by atoms with van der Waals surface area (Å²) in [6.07, 6.45) is 2.08. The third kappa shape index (κ3) is 14.8. The van der Waals surface area contributed by atoms with Gasteiger partial charge >= 0.3 is 6.09 Å². The molecule has 1 aliphatic rings. The van der Waals surface area contributed by atoms with Crippen molar-refractivity contribution in [2.45, 2.75) is 45.8 Å². The summed E-state index contributed by atoms with van der Waals surface area (Å²) in [5.74, 6) is 0. The second kappa shape index (κ2) is 12.4. The highest BCUT2D eigenvalue weighted by Crippen LogP contribution is 2.03. The van der Waals surface area contributed by atoms with Crippen molar-refractivity contribution >= 4 is 12.6 Å². The van der Waals surface area contributed by atoms with Gasteiger partial charge in [0.25, 0.3) is 6.47 Å². The predicted molar refractivity (Wildman–Crippen MR) is 94.4 cm³/mol. The van der Waals surface area contributed by atoms with Crippen molar-refractivity contribution in [3.8, 4) is 0 Å². The van der Waals surface area contributed by atoms with Gasteiger partial charge in [-0.15, -0.1) is 0 Å². The highest BCUT2D eigenvalue weighted by molar-refractivity contribution is 5.64. The first-order valence-corrected chi connectivity index (χ1v) is 8.01. The molecule has 1 amide bonds. The van der Waals surface area contributed by atoms with Crippen molar-refractivity contribution in [1.29, 1.82) is 0 Å². The molecule has 0 spiro atoms. The van der Waals surface area contributed by atoms with E-state index < -0.39 is 6.09 Å². The summed E-state index contributed by atoms with van der Waals surface area (Å²) >= 11 is 0. The van der Waals surface area contributed by atoms with E-state index in [1.54, 1.807) is 0 Å². The van der Waals surface area contributed by atoms with Crippen LogP contribution >= 0.6 is 0 Å². The van der Waals surface area contributed by atoms with Crippen molar-refractivity contribution in [1.82, 2.24) is 4.90 Å². The maximum atomic E-state index is 10.2. The van der Waals surface area contributed by atoms with Gasteiger partial charge < -0.3 is 20.1 Å². The minimum atomic E-state index is -0.742. The average molecular weight is 338 g/mol. The van der Waals surface area contributed by atoms with Crippen LogP contribution in [0.3, 0.4) is 0 Å². The number of hydrogen-bond acceptors (Lipinski definition) is 5. The molecule has 6 heteroatoms. The van der Waals surface area contributed by atoms with Gasteiger partial charge in [0.05, 0.1) is 0 Å². The van der Waals surface area contributed by atoms with Gasteiger partial charge in [-0.05, 0) is 59.3 Å². The summed E-state index contributed by atoms with van der Waals surface area (Å²) in [5, 5.41) is 0. The zero-order valence-electron chi connectivity index (χ0n) is 15.2. The van der Waals surface area contributed by atoms with Crippen LogP contribution < -0.4 is 5.73 Å². The highest BCUT2D eigenvalue weighted by Gasteiger charge is 2.07. The number of primary amides is 1. The topological polar surface area (TPSA) is 81.9 Å². The molecule has 2 rings (SSSR count). The smallest absolute Gasteiger partial charge is 0.404 e. The van der Waals surface area contributed by atoms with E-state index >= 15 is 0 Å². The molecular formula is C18H30N2O4. The Labute approximate surface area is 144 Å². The van der Waals surface area contributed by atoms with Crippen LogP contribution in [0.4, 0.5) is 4.79 Å². The number of nitrogens with zero attached hydrogens (tertiary/aromatic N) is 1. The molecule has 0 radical (unpaired) electrons. The standard InChI is InChI=1S/C8H9NO2.C5H11N.C5H10O2/c9-8(10)11-6-7-4-2-1-3-5-7;1-6-4-2-3-5-6;1-5(2,3)7-4-6/h1-5H,6H2,(H2,9,10);2-5H2,1H3;4H,1-3H3. The van der Waals surface area contributed by atoms with Crippen molar-refractivity contribution in [2.24, 2.45) is 5.73 Å². The van der Waals surface area contributed by atoms with Crippen LogP contribution in [0.2, 0.25) is 0 Å². The Hall–Kier alpha value is -2.08. The number of carbonyl (C=O) groups excluding carboxylic acids is 2. The quantitative estimate of drug-likeness (QED) is 0.857. The van der Waals surface area contributed by atoms with Crippen molar-refractivity contribution in [3.05, 3.63) is 35.9 Å². The van der Waals surface area contributed by atoms with E-state index in [2.05, 4.69) is 21.4 Å². The summed E-state index contributed by atoms with van der Waals surface area (Å²) in [7, 11) is 2.17. The van der Waals surface area contributed by atoms with E-state index in [1.807, 2.05) is 51.1 Å². The SMILES string of the molecule is CC(C)(C)OC=O.CN1CCCC1.NC(=O)OCc1ccccc1. The maximum Gasteiger partial charge on any atom is 0.404 e. The van der Waals surface area contributed by atoms with Crippen molar-refractivity contribution in [3.63, 3.8) is 0 Å². The van der Waals surface area contributed by atoms with Crippen LogP contribution in [-0.4, -0.2) is 43.2 Å². The van der Waals surface area contributed by atoms with Gasteiger partial charge in [-0.25, -0.2) is 4.79 Å². The predicted octanol–water partition coefficient (Wildman–Crippen LogP) is 2.95. The maximum absolute atomic E-state index is 10.2. The minimum absolute atomic E-state index is 0.246. The number of carbonyl (C=O) groups is 2. The number of likely N-dealkylation sites (tertiary alicyclic amines) is 1. The summed E-state index contributed by atoms with van der Waals surface area (Å²) in [4.78, 5) is 22.1. The van der Waals surface area contributed by atoms with Gasteiger partial charge in [-0.2, -0.15) is 0 Å². The van der Waals surface area contributed by atoms with E-state index in [0.717, 1.165) is 5.56 Å². The monoisotopic (exact) mass is 338 g/mol. The lowest BCUT2D eigenvalue weighted by atomic mass is 10.2. The lowest BCUT2D eigenvalue weighted by Crippen LogP contribution is -2.17. The third-order valence-electron chi connectivity index (χ3n) is 2.96. The Morgan fingerprint density at radius 3 is 2.04 bits per heavy atom. The van der Waals surface area contributed by atoms with Crippen LogP contribution in [0.5, 0.6) is 0 Å². The van der Waals surface area contributed by atoms with Crippen LogP contribution in [0.15, 0.2) is 30.3 Å². The van der Waals surface area contributed by atoms with Crippen LogP contribution in [0.25, 0.3) is 0 Å². The van der Waals surface area contributed by atoms with E-state index in [0.29, 0.717) is 6.47 Å². The lowest BCUT2D eigenvalue weighted by molar-refractivity contribution is -0.138. The molecule has 6 nitrogen and oxygen atoms in total. The molecule has 1 aromatic carbocycles. The largest absolute Gasteiger partial charge is 0.462 e. The molecule has 0 bridgehead atoms.